The third-order valence-electron chi connectivity index (χ3n) is 3.59. The van der Waals surface area contributed by atoms with Gasteiger partial charge in [0.1, 0.15) is 5.75 Å². The Balaban J connectivity index is 1.98. The average molecular weight is 372 g/mol. The molecule has 8 nitrogen and oxygen atoms in total. The van der Waals surface area contributed by atoms with Crippen LogP contribution < -0.4 is 16.2 Å². The molecule has 4 N–H and O–H groups in total. The summed E-state index contributed by atoms with van der Waals surface area (Å²) in [4.78, 5) is 22.7. The highest BCUT2D eigenvalue weighted by Gasteiger charge is 2.30. The Bertz CT molecular complexity index is 694. The molecule has 142 valence electrons. The molecule has 0 aromatic heterocycles. The highest BCUT2D eigenvalue weighted by molar-refractivity contribution is 5.94. The highest BCUT2D eigenvalue weighted by atomic mass is 19.4. The quantitative estimate of drug-likeness (QED) is 0.595. The van der Waals surface area contributed by atoms with Gasteiger partial charge in [0, 0.05) is 33.1 Å². The van der Waals surface area contributed by atoms with Crippen LogP contribution in [0.3, 0.4) is 0 Å². The highest BCUT2D eigenvalue weighted by Crippen LogP contribution is 2.24. The van der Waals surface area contributed by atoms with Crippen molar-refractivity contribution in [1.82, 2.24) is 9.80 Å². The minimum atomic E-state index is -4.75. The average Bonchev–Trinajstić information content (AvgIpc) is 2.55. The predicted molar refractivity (Wildman–Crippen MR) is 89.9 cm³/mol. The zero-order chi connectivity index (χ0) is 19.3. The Labute approximate surface area is 147 Å². The number of rotatable bonds is 2. The van der Waals surface area contributed by atoms with Crippen molar-refractivity contribution in [3.8, 4) is 5.75 Å². The van der Waals surface area contributed by atoms with E-state index in [1.165, 1.54) is 19.1 Å². The Morgan fingerprint density at radius 3 is 2.12 bits per heavy atom. The zero-order valence-corrected chi connectivity index (χ0v) is 14.0. The number of amides is 1. The fourth-order valence-electron chi connectivity index (χ4n) is 2.32. The minimum Gasteiger partial charge on any atom is -0.406 e. The summed E-state index contributed by atoms with van der Waals surface area (Å²) in [5.74, 6) is -0.340. The van der Waals surface area contributed by atoms with Gasteiger partial charge in [-0.1, -0.05) is 0 Å². The summed E-state index contributed by atoms with van der Waals surface area (Å²) in [6, 6.07) is 4.86. The molecule has 26 heavy (non-hydrogen) atoms. The van der Waals surface area contributed by atoms with E-state index in [-0.39, 0.29) is 23.6 Å². The molecule has 0 aliphatic carbocycles. The van der Waals surface area contributed by atoms with Gasteiger partial charge < -0.3 is 26.0 Å². The summed E-state index contributed by atoms with van der Waals surface area (Å²) in [6.07, 6.45) is -4.75. The van der Waals surface area contributed by atoms with Gasteiger partial charge in [0.2, 0.25) is 11.9 Å². The summed E-state index contributed by atoms with van der Waals surface area (Å²) in [5.41, 5.74) is 11.9. The molecule has 0 radical (unpaired) electrons. The molecule has 0 spiro atoms. The van der Waals surface area contributed by atoms with E-state index in [1.807, 2.05) is 0 Å². The Morgan fingerprint density at radius 2 is 1.62 bits per heavy atom. The van der Waals surface area contributed by atoms with Crippen molar-refractivity contribution in [3.05, 3.63) is 24.3 Å². The maximum atomic E-state index is 12.1. The van der Waals surface area contributed by atoms with E-state index in [1.54, 1.807) is 9.80 Å². The first-order valence-corrected chi connectivity index (χ1v) is 7.68. The van der Waals surface area contributed by atoms with Crippen LogP contribution in [-0.2, 0) is 4.79 Å². The minimum absolute atomic E-state index is 0.000754. The SMILES string of the molecule is CC(=O)N1CCN(C(N)=NC(N)=Nc2ccc(OC(F)(F)F)cc2)CC1. The van der Waals surface area contributed by atoms with Gasteiger partial charge >= 0.3 is 6.36 Å². The first-order chi connectivity index (χ1) is 12.1. The van der Waals surface area contributed by atoms with E-state index in [9.17, 15) is 18.0 Å². The molecule has 0 bridgehead atoms. The number of carbonyl (C=O) groups excluding carboxylic acids is 1. The standard InChI is InChI=1S/C15H19F3N6O2/c1-10(25)23-6-8-24(9-7-23)14(20)22-13(19)21-11-2-4-12(5-3-11)26-15(16,17)18/h2-5H,6-9H2,1H3,(H4,19,20,21,22). The lowest BCUT2D eigenvalue weighted by Gasteiger charge is -2.34. The predicted octanol–water partition coefficient (Wildman–Crippen LogP) is 1.01. The molecular weight excluding hydrogens is 353 g/mol. The summed E-state index contributed by atoms with van der Waals surface area (Å²) in [5, 5.41) is 0. The van der Waals surface area contributed by atoms with Crippen LogP contribution in [0.1, 0.15) is 6.92 Å². The van der Waals surface area contributed by atoms with Crippen LogP contribution in [0, 0.1) is 0 Å². The van der Waals surface area contributed by atoms with Gasteiger partial charge in [-0.2, -0.15) is 4.99 Å². The van der Waals surface area contributed by atoms with Gasteiger partial charge in [-0.05, 0) is 24.3 Å². The second kappa shape index (κ2) is 7.93. The van der Waals surface area contributed by atoms with Crippen molar-refractivity contribution in [2.24, 2.45) is 21.5 Å². The largest absolute Gasteiger partial charge is 0.573 e. The molecule has 1 amide bonds. The van der Waals surface area contributed by atoms with Crippen molar-refractivity contribution < 1.29 is 22.7 Å². The maximum absolute atomic E-state index is 12.1. The lowest BCUT2D eigenvalue weighted by atomic mass is 10.3. The van der Waals surface area contributed by atoms with E-state index >= 15 is 0 Å². The Morgan fingerprint density at radius 1 is 1.08 bits per heavy atom. The molecule has 1 heterocycles. The molecule has 0 unspecified atom stereocenters. The molecule has 0 atom stereocenters. The number of nitrogens with two attached hydrogens (primary N) is 2. The van der Waals surface area contributed by atoms with Gasteiger partial charge in [-0.25, -0.2) is 4.99 Å². The molecule has 0 saturated carbocycles. The van der Waals surface area contributed by atoms with Gasteiger partial charge in [-0.15, -0.1) is 13.2 Å². The van der Waals surface area contributed by atoms with Crippen LogP contribution in [0.5, 0.6) is 5.75 Å². The monoisotopic (exact) mass is 372 g/mol. The zero-order valence-electron chi connectivity index (χ0n) is 14.0. The van der Waals surface area contributed by atoms with Crippen molar-refractivity contribution in [1.29, 1.82) is 0 Å². The first kappa shape index (κ1) is 19.3. The summed E-state index contributed by atoms with van der Waals surface area (Å²) >= 11 is 0. The molecule has 1 fully saturated rings. The second-order valence-corrected chi connectivity index (χ2v) is 5.47. The third kappa shape index (κ3) is 5.83. The van der Waals surface area contributed by atoms with Crippen LogP contribution in [0.15, 0.2) is 34.3 Å². The van der Waals surface area contributed by atoms with Crippen LogP contribution in [0.2, 0.25) is 0 Å². The van der Waals surface area contributed by atoms with E-state index in [2.05, 4.69) is 14.7 Å². The number of benzene rings is 1. The molecule has 1 aliphatic heterocycles. The summed E-state index contributed by atoms with van der Waals surface area (Å²) in [6.45, 7) is 3.60. The topological polar surface area (TPSA) is 110 Å². The number of alkyl halides is 3. The molecule has 11 heteroatoms. The Kier molecular flexibility index (Phi) is 5.90. The number of piperazine rings is 1. The van der Waals surface area contributed by atoms with Crippen molar-refractivity contribution in [2.75, 3.05) is 26.2 Å². The summed E-state index contributed by atoms with van der Waals surface area (Å²) < 4.78 is 40.1. The van der Waals surface area contributed by atoms with E-state index in [0.29, 0.717) is 31.9 Å². The number of nitrogens with zero attached hydrogens (tertiary/aromatic N) is 4. The van der Waals surface area contributed by atoms with E-state index in [0.717, 1.165) is 12.1 Å². The number of hydrogen-bond acceptors (Lipinski definition) is 3. The van der Waals surface area contributed by atoms with Crippen molar-refractivity contribution >= 4 is 23.5 Å². The lowest BCUT2D eigenvalue weighted by molar-refractivity contribution is -0.274. The second-order valence-electron chi connectivity index (χ2n) is 5.47. The van der Waals surface area contributed by atoms with Gasteiger partial charge in [0.15, 0.2) is 5.96 Å². The maximum Gasteiger partial charge on any atom is 0.573 e. The third-order valence-corrected chi connectivity index (χ3v) is 3.59. The van der Waals surface area contributed by atoms with Crippen LogP contribution in [-0.4, -0.2) is 60.2 Å². The van der Waals surface area contributed by atoms with Crippen molar-refractivity contribution in [3.63, 3.8) is 0 Å². The fourth-order valence-corrected chi connectivity index (χ4v) is 2.32. The summed E-state index contributed by atoms with van der Waals surface area (Å²) in [7, 11) is 0. The normalized spacial score (nSPS) is 16.6. The molecular formula is C15H19F3N6O2. The molecule has 1 aliphatic rings. The first-order valence-electron chi connectivity index (χ1n) is 7.68. The number of guanidine groups is 2. The molecule has 1 saturated heterocycles. The molecule has 1 aromatic rings. The van der Waals surface area contributed by atoms with Crippen LogP contribution in [0.4, 0.5) is 18.9 Å². The number of ether oxygens (including phenoxy) is 1. The van der Waals surface area contributed by atoms with Gasteiger partial charge in [0.05, 0.1) is 5.69 Å². The Hall–Kier alpha value is -2.98. The number of aliphatic imine (C=N–C) groups is 2. The smallest absolute Gasteiger partial charge is 0.406 e. The molecule has 2 rings (SSSR count). The fraction of sp³-hybridized carbons (Fsp3) is 0.400. The van der Waals surface area contributed by atoms with Gasteiger partial charge in [0.25, 0.3) is 0 Å². The van der Waals surface area contributed by atoms with Crippen LogP contribution >= 0.6 is 0 Å². The number of hydrogen-bond donors (Lipinski definition) is 2. The van der Waals surface area contributed by atoms with E-state index in [4.69, 9.17) is 11.5 Å². The van der Waals surface area contributed by atoms with Crippen molar-refractivity contribution in [2.45, 2.75) is 13.3 Å². The van der Waals surface area contributed by atoms with Crippen LogP contribution in [0.25, 0.3) is 0 Å². The number of carbonyl (C=O) groups is 1. The van der Waals surface area contributed by atoms with Gasteiger partial charge in [-0.3, -0.25) is 4.79 Å². The molecule has 1 aromatic carbocycles. The number of halogens is 3. The lowest BCUT2D eigenvalue weighted by Crippen LogP contribution is -2.52. The van der Waals surface area contributed by atoms with E-state index < -0.39 is 6.36 Å².